The van der Waals surface area contributed by atoms with E-state index in [-0.39, 0.29) is 6.42 Å². The second kappa shape index (κ2) is 8.71. The van der Waals surface area contributed by atoms with Gasteiger partial charge in [-0.25, -0.2) is 4.18 Å². The maximum atomic E-state index is 10.9. The molecular weight excluding hydrogens is 352 g/mol. The van der Waals surface area contributed by atoms with Crippen LogP contribution in [-0.4, -0.2) is 98.6 Å². The normalized spacial score (nSPS) is 30.2. The third-order valence-corrected chi connectivity index (χ3v) is 4.47. The van der Waals surface area contributed by atoms with Crippen molar-refractivity contribution in [3.05, 3.63) is 5.92 Å². The molecule has 0 aromatic carbocycles. The topological polar surface area (TPSA) is 205 Å². The molecule has 24 heavy (non-hydrogen) atoms. The van der Waals surface area contributed by atoms with E-state index in [1.165, 1.54) is 0 Å². The minimum Gasteiger partial charge on any atom is -0.394 e. The molecule has 0 bridgehead atoms. The standard InChI is InChI=1S/C12H22O11S/c13-3-6-5(1-7(15)10(6)18)2-8(16)12(23-24(20,21)22)11(19)9(17)4-14/h6-19H,1-4H2/p+1/t6-,7+,8+,9-,10+,11-,12-/m1/s1. The summed E-state index contributed by atoms with van der Waals surface area (Å²) < 4.78 is 34.6. The molecular formula is C12H23O11S+. The minimum absolute atomic E-state index is 0.0826. The second-order valence-corrected chi connectivity index (χ2v) is 6.76. The Morgan fingerprint density at radius 1 is 1.12 bits per heavy atom. The van der Waals surface area contributed by atoms with Crippen LogP contribution in [0.4, 0.5) is 0 Å². The van der Waals surface area contributed by atoms with Crippen LogP contribution in [0, 0.1) is 11.8 Å². The lowest BCUT2D eigenvalue weighted by atomic mass is 9.87. The molecule has 0 amide bonds. The number of aliphatic hydroxyl groups excluding tert-OH is 7. The van der Waals surface area contributed by atoms with Crippen LogP contribution in [0.5, 0.6) is 0 Å². The van der Waals surface area contributed by atoms with Crippen molar-refractivity contribution in [2.75, 3.05) is 13.2 Å². The largest absolute Gasteiger partial charge is 0.397 e. The first-order chi connectivity index (χ1) is 11.0. The van der Waals surface area contributed by atoms with Gasteiger partial charge in [0.05, 0.1) is 13.2 Å². The van der Waals surface area contributed by atoms with Gasteiger partial charge in [0, 0.05) is 0 Å². The highest BCUT2D eigenvalue weighted by atomic mass is 32.3. The van der Waals surface area contributed by atoms with Crippen molar-refractivity contribution >= 4 is 10.4 Å². The lowest BCUT2D eigenvalue weighted by Gasteiger charge is -2.27. The summed E-state index contributed by atoms with van der Waals surface area (Å²) in [6.45, 7) is -1.50. The van der Waals surface area contributed by atoms with Crippen LogP contribution in [0.1, 0.15) is 12.8 Å². The second-order valence-electron chi connectivity index (χ2n) is 5.71. The third-order valence-electron chi connectivity index (χ3n) is 4.00. The molecule has 7 atom stereocenters. The quantitative estimate of drug-likeness (QED) is 0.144. The van der Waals surface area contributed by atoms with Gasteiger partial charge in [-0.2, -0.15) is 8.42 Å². The van der Waals surface area contributed by atoms with Crippen LogP contribution in [0.25, 0.3) is 0 Å². The molecule has 0 unspecified atom stereocenters. The van der Waals surface area contributed by atoms with Gasteiger partial charge in [-0.15, -0.1) is 0 Å². The molecule has 0 aromatic rings. The van der Waals surface area contributed by atoms with E-state index in [9.17, 15) is 39.1 Å². The number of hydrogen-bond acceptors (Lipinski definition) is 10. The van der Waals surface area contributed by atoms with Crippen LogP contribution in [-0.2, 0) is 14.6 Å². The molecule has 8 N–H and O–H groups in total. The summed E-state index contributed by atoms with van der Waals surface area (Å²) >= 11 is 0. The van der Waals surface area contributed by atoms with Crippen molar-refractivity contribution in [1.29, 1.82) is 0 Å². The molecule has 142 valence electrons. The highest BCUT2D eigenvalue weighted by Crippen LogP contribution is 2.38. The first-order valence-electron chi connectivity index (χ1n) is 7.14. The lowest BCUT2D eigenvalue weighted by Crippen LogP contribution is -2.49. The Balaban J connectivity index is 2.89. The van der Waals surface area contributed by atoms with E-state index < -0.39 is 72.6 Å². The van der Waals surface area contributed by atoms with Gasteiger partial charge >= 0.3 is 10.4 Å². The Morgan fingerprint density at radius 3 is 2.17 bits per heavy atom. The molecule has 1 aliphatic carbocycles. The third kappa shape index (κ3) is 5.49. The van der Waals surface area contributed by atoms with Crippen molar-refractivity contribution in [1.82, 2.24) is 0 Å². The van der Waals surface area contributed by atoms with Gasteiger partial charge in [0.1, 0.15) is 55.4 Å². The van der Waals surface area contributed by atoms with Gasteiger partial charge in [-0.1, -0.05) is 0 Å². The van der Waals surface area contributed by atoms with Gasteiger partial charge in [0.15, 0.2) is 5.92 Å². The van der Waals surface area contributed by atoms with Gasteiger partial charge < -0.3 is 35.7 Å². The first-order valence-corrected chi connectivity index (χ1v) is 8.50. The van der Waals surface area contributed by atoms with Crippen LogP contribution in [0.15, 0.2) is 0 Å². The molecule has 0 saturated heterocycles. The fraction of sp³-hybridized carbons (Fsp3) is 0.917. The number of hydrogen-bond donors (Lipinski definition) is 8. The van der Waals surface area contributed by atoms with E-state index in [1.807, 2.05) is 0 Å². The van der Waals surface area contributed by atoms with E-state index >= 15 is 0 Å². The van der Waals surface area contributed by atoms with Crippen molar-refractivity contribution < 1.29 is 52.9 Å². The fourth-order valence-corrected chi connectivity index (χ4v) is 3.25. The molecule has 1 rings (SSSR count). The molecule has 0 aliphatic heterocycles. The number of aliphatic hydroxyl groups is 7. The molecule has 0 aromatic heterocycles. The molecule has 11 nitrogen and oxygen atoms in total. The zero-order chi connectivity index (χ0) is 18.7. The average molecular weight is 375 g/mol. The first kappa shape index (κ1) is 21.5. The van der Waals surface area contributed by atoms with E-state index in [0.29, 0.717) is 5.92 Å². The summed E-state index contributed by atoms with van der Waals surface area (Å²) in [6.07, 6.45) is -10.7. The summed E-state index contributed by atoms with van der Waals surface area (Å²) in [5, 5.41) is 66.6. The van der Waals surface area contributed by atoms with Crippen LogP contribution >= 0.6 is 0 Å². The predicted octanol–water partition coefficient (Wildman–Crippen LogP) is -4.05. The SMILES string of the molecule is O=S(=O)(O)O[C@@H]([C@H](O)[C@H](O)CO)[C@@H](O)C[C+]1C[C@H](O)[C@@H](O)[C@@H]1CO. The summed E-state index contributed by atoms with van der Waals surface area (Å²) in [6, 6.07) is 0. The molecule has 1 fully saturated rings. The number of rotatable bonds is 9. The van der Waals surface area contributed by atoms with Crippen LogP contribution in [0.3, 0.4) is 0 Å². The lowest BCUT2D eigenvalue weighted by molar-refractivity contribution is -0.106. The highest BCUT2D eigenvalue weighted by Gasteiger charge is 2.52. The van der Waals surface area contributed by atoms with Crippen LogP contribution in [0.2, 0.25) is 0 Å². The summed E-state index contributed by atoms with van der Waals surface area (Å²) in [5.41, 5.74) is 0. The predicted molar refractivity (Wildman–Crippen MR) is 76.6 cm³/mol. The molecule has 1 aliphatic rings. The molecule has 0 heterocycles. The highest BCUT2D eigenvalue weighted by molar-refractivity contribution is 7.80. The Morgan fingerprint density at radius 2 is 1.71 bits per heavy atom. The zero-order valence-electron chi connectivity index (χ0n) is 12.6. The van der Waals surface area contributed by atoms with E-state index in [1.54, 1.807) is 0 Å². The smallest absolute Gasteiger partial charge is 0.394 e. The van der Waals surface area contributed by atoms with Crippen molar-refractivity contribution in [3.63, 3.8) is 0 Å². The molecule has 12 heteroatoms. The van der Waals surface area contributed by atoms with Crippen LogP contribution < -0.4 is 0 Å². The molecule has 0 radical (unpaired) electrons. The van der Waals surface area contributed by atoms with Crippen molar-refractivity contribution in [3.8, 4) is 0 Å². The van der Waals surface area contributed by atoms with Crippen molar-refractivity contribution in [2.45, 2.75) is 49.5 Å². The Kier molecular flexibility index (Phi) is 7.80. The Labute approximate surface area is 138 Å². The molecule has 1 saturated carbocycles. The fourth-order valence-electron chi connectivity index (χ4n) is 2.72. The Bertz CT molecular complexity index is 483. The summed E-state index contributed by atoms with van der Waals surface area (Å²) in [5.74, 6) is -0.583. The van der Waals surface area contributed by atoms with Gasteiger partial charge in [0.2, 0.25) is 0 Å². The monoisotopic (exact) mass is 375 g/mol. The van der Waals surface area contributed by atoms with Crippen molar-refractivity contribution in [2.24, 2.45) is 5.92 Å². The van der Waals surface area contributed by atoms with E-state index in [4.69, 9.17) is 9.66 Å². The van der Waals surface area contributed by atoms with Gasteiger partial charge in [-0.05, 0) is 0 Å². The van der Waals surface area contributed by atoms with Gasteiger partial charge in [0.25, 0.3) is 0 Å². The average Bonchev–Trinajstić information content (AvgIpc) is 2.76. The Hall–Kier alpha value is -0.540. The molecule has 0 spiro atoms. The summed E-state index contributed by atoms with van der Waals surface area (Å²) in [4.78, 5) is 0. The van der Waals surface area contributed by atoms with E-state index in [2.05, 4.69) is 4.18 Å². The maximum absolute atomic E-state index is 10.9. The van der Waals surface area contributed by atoms with E-state index in [0.717, 1.165) is 0 Å². The maximum Gasteiger partial charge on any atom is 0.397 e. The summed E-state index contributed by atoms with van der Waals surface area (Å²) in [7, 11) is -5.10. The zero-order valence-corrected chi connectivity index (χ0v) is 13.4. The van der Waals surface area contributed by atoms with Gasteiger partial charge in [-0.3, -0.25) is 4.55 Å². The minimum atomic E-state index is -5.10.